The summed E-state index contributed by atoms with van der Waals surface area (Å²) in [7, 11) is 0. The highest BCUT2D eigenvalue weighted by Crippen LogP contribution is 2.36. The number of rotatable bonds is 4. The van der Waals surface area contributed by atoms with Crippen molar-refractivity contribution in [1.82, 2.24) is 34.1 Å². The number of anilines is 1. The number of halogens is 6. The van der Waals surface area contributed by atoms with E-state index in [4.69, 9.17) is 11.6 Å². The van der Waals surface area contributed by atoms with Crippen LogP contribution in [-0.2, 0) is 11.3 Å². The van der Waals surface area contributed by atoms with Crippen molar-refractivity contribution < 1.29 is 26.7 Å². The molecular weight excluding hydrogens is 623 g/mol. The molecular formula is C29H24ClF5N8O2. The monoisotopic (exact) mass is 646 g/mol. The van der Waals surface area contributed by atoms with Gasteiger partial charge in [-0.2, -0.15) is 32.1 Å². The van der Waals surface area contributed by atoms with Gasteiger partial charge in [-0.15, -0.1) is 0 Å². The van der Waals surface area contributed by atoms with Crippen molar-refractivity contribution in [2.45, 2.75) is 51.5 Å². The molecule has 0 spiro atoms. The van der Waals surface area contributed by atoms with Crippen molar-refractivity contribution in [3.05, 3.63) is 76.3 Å². The first-order chi connectivity index (χ1) is 21.4. The number of aromatic nitrogens is 7. The maximum atomic E-state index is 13.9. The second kappa shape index (κ2) is 11.7. The van der Waals surface area contributed by atoms with Gasteiger partial charge in [-0.25, -0.2) is 9.67 Å². The number of hydrogen-bond donors (Lipinski definition) is 1. The molecule has 1 N–H and O–H groups in total. The molecule has 0 aliphatic carbocycles. The first-order valence-electron chi connectivity index (χ1n) is 13.8. The quantitative estimate of drug-likeness (QED) is 0.224. The topological polar surface area (TPSA) is 113 Å². The number of hydrogen-bond acceptors (Lipinski definition) is 6. The van der Waals surface area contributed by atoms with Crippen molar-refractivity contribution in [2.24, 2.45) is 5.92 Å². The number of nitrogens with zero attached hydrogens (tertiary/aromatic N) is 7. The SMILES string of the molecule is C[C@@H]1CCC[C@H](n2cnc(-c3cc(Cl)cc4cnn(CC(F)(F)F)c34)cc2=O)c2cc(ccn2)-c2c(cnn2C(F)F)NC1=O. The van der Waals surface area contributed by atoms with Gasteiger partial charge >= 0.3 is 12.7 Å². The third kappa shape index (κ3) is 6.03. The highest BCUT2D eigenvalue weighted by atomic mass is 35.5. The van der Waals surface area contributed by atoms with Gasteiger partial charge < -0.3 is 5.32 Å². The Hall–Kier alpha value is -4.66. The molecule has 5 aromatic rings. The van der Waals surface area contributed by atoms with Crippen molar-refractivity contribution in [3.8, 4) is 22.5 Å². The minimum absolute atomic E-state index is 0.0187. The predicted molar refractivity (Wildman–Crippen MR) is 155 cm³/mol. The van der Waals surface area contributed by atoms with Crippen LogP contribution in [0.4, 0.5) is 27.6 Å². The lowest BCUT2D eigenvalue weighted by molar-refractivity contribution is -0.141. The molecule has 0 fully saturated rings. The summed E-state index contributed by atoms with van der Waals surface area (Å²) >= 11 is 6.25. The summed E-state index contributed by atoms with van der Waals surface area (Å²) in [6, 6.07) is 6.42. The Labute approximate surface area is 256 Å². The number of amides is 1. The predicted octanol–water partition coefficient (Wildman–Crippen LogP) is 6.48. The third-order valence-corrected chi connectivity index (χ3v) is 7.89. The molecule has 1 aliphatic heterocycles. The van der Waals surface area contributed by atoms with Crippen LogP contribution in [0.1, 0.15) is 44.5 Å². The Bertz CT molecular complexity index is 1970. The van der Waals surface area contributed by atoms with E-state index < -0.39 is 36.8 Å². The van der Waals surface area contributed by atoms with E-state index in [9.17, 15) is 31.5 Å². The molecule has 0 radical (unpaired) electrons. The number of nitrogens with one attached hydrogen (secondary N) is 1. The van der Waals surface area contributed by atoms with Crippen LogP contribution in [-0.4, -0.2) is 46.2 Å². The van der Waals surface area contributed by atoms with E-state index in [1.54, 1.807) is 13.0 Å². The number of alkyl halides is 5. The molecule has 16 heteroatoms. The molecule has 0 unspecified atom stereocenters. The van der Waals surface area contributed by atoms with Crippen molar-refractivity contribution in [1.29, 1.82) is 0 Å². The summed E-state index contributed by atoms with van der Waals surface area (Å²) in [5, 5.41) is 10.9. The number of pyridine rings is 1. The molecule has 1 aliphatic rings. The van der Waals surface area contributed by atoms with E-state index in [2.05, 4.69) is 25.5 Å². The van der Waals surface area contributed by atoms with Crippen LogP contribution >= 0.6 is 11.6 Å². The van der Waals surface area contributed by atoms with Gasteiger partial charge in [0.25, 0.3) is 5.56 Å². The number of benzene rings is 1. The van der Waals surface area contributed by atoms with Gasteiger partial charge in [0, 0.05) is 39.7 Å². The smallest absolute Gasteiger partial charge is 0.323 e. The summed E-state index contributed by atoms with van der Waals surface area (Å²) in [6.45, 7) is -2.63. The fourth-order valence-corrected chi connectivity index (χ4v) is 5.80. The molecule has 6 rings (SSSR count). The average Bonchev–Trinajstić information content (AvgIpc) is 3.58. The summed E-state index contributed by atoms with van der Waals surface area (Å²) in [5.41, 5.74) is 0.613. The van der Waals surface area contributed by atoms with Crippen LogP contribution in [0, 0.1) is 5.92 Å². The van der Waals surface area contributed by atoms with Gasteiger partial charge in [0.1, 0.15) is 6.54 Å². The number of carbonyl (C=O) groups excluding carboxylic acids is 1. The van der Waals surface area contributed by atoms with E-state index in [0.717, 1.165) is 10.9 Å². The van der Waals surface area contributed by atoms with Crippen LogP contribution in [0.2, 0.25) is 5.02 Å². The lowest BCUT2D eigenvalue weighted by atomic mass is 9.97. The molecule has 10 nitrogen and oxygen atoms in total. The van der Waals surface area contributed by atoms with Gasteiger partial charge in [-0.1, -0.05) is 24.9 Å². The molecule has 4 aromatic heterocycles. The molecule has 0 saturated carbocycles. The minimum atomic E-state index is -4.55. The maximum Gasteiger partial charge on any atom is 0.408 e. The van der Waals surface area contributed by atoms with Crippen LogP contribution < -0.4 is 10.9 Å². The van der Waals surface area contributed by atoms with Crippen LogP contribution in [0.15, 0.2) is 60.0 Å². The van der Waals surface area contributed by atoms with E-state index in [1.165, 1.54) is 47.6 Å². The summed E-state index contributed by atoms with van der Waals surface area (Å²) in [6.07, 6.45) is 1.81. The highest BCUT2D eigenvalue weighted by Gasteiger charge is 2.30. The summed E-state index contributed by atoms with van der Waals surface area (Å²) < 4.78 is 70.3. The molecule has 5 heterocycles. The maximum absolute atomic E-state index is 13.9. The van der Waals surface area contributed by atoms with Crippen molar-refractivity contribution in [2.75, 3.05) is 5.32 Å². The van der Waals surface area contributed by atoms with E-state index >= 15 is 0 Å². The summed E-state index contributed by atoms with van der Waals surface area (Å²) in [5.74, 6) is -0.847. The molecule has 45 heavy (non-hydrogen) atoms. The van der Waals surface area contributed by atoms with Gasteiger partial charge in [0.05, 0.1) is 53.0 Å². The van der Waals surface area contributed by atoms with E-state index in [0.29, 0.717) is 40.6 Å². The van der Waals surface area contributed by atoms with Gasteiger partial charge in [0.15, 0.2) is 0 Å². The molecule has 2 atom stereocenters. The van der Waals surface area contributed by atoms with E-state index in [1.807, 2.05) is 0 Å². The largest absolute Gasteiger partial charge is 0.408 e. The fourth-order valence-electron chi connectivity index (χ4n) is 5.57. The van der Waals surface area contributed by atoms with E-state index in [-0.39, 0.29) is 39.1 Å². The van der Waals surface area contributed by atoms with Crippen LogP contribution in [0.5, 0.6) is 0 Å². The van der Waals surface area contributed by atoms with Crippen molar-refractivity contribution in [3.63, 3.8) is 0 Å². The Kier molecular flexibility index (Phi) is 7.89. The molecule has 1 amide bonds. The van der Waals surface area contributed by atoms with Crippen LogP contribution in [0.3, 0.4) is 0 Å². The normalized spacial score (nSPS) is 17.6. The summed E-state index contributed by atoms with van der Waals surface area (Å²) in [4.78, 5) is 35.4. The Morgan fingerprint density at radius 2 is 1.87 bits per heavy atom. The van der Waals surface area contributed by atoms with Gasteiger partial charge in [-0.3, -0.25) is 23.8 Å². The van der Waals surface area contributed by atoms with Gasteiger partial charge in [-0.05, 0) is 37.1 Å². The zero-order valence-electron chi connectivity index (χ0n) is 23.5. The number of carbonyl (C=O) groups is 1. The highest BCUT2D eigenvalue weighted by molar-refractivity contribution is 6.31. The molecule has 2 bridgehead atoms. The zero-order valence-corrected chi connectivity index (χ0v) is 24.2. The second-order valence-corrected chi connectivity index (χ2v) is 11.2. The van der Waals surface area contributed by atoms with Crippen molar-refractivity contribution >= 4 is 34.1 Å². The minimum Gasteiger partial charge on any atom is -0.323 e. The molecule has 0 saturated heterocycles. The first kappa shape index (κ1) is 30.4. The number of fused-ring (bicyclic) bond motifs is 5. The lowest BCUT2D eigenvalue weighted by Gasteiger charge is -2.22. The second-order valence-electron chi connectivity index (χ2n) is 10.8. The average molecular weight is 647 g/mol. The Balaban J connectivity index is 1.46. The third-order valence-electron chi connectivity index (χ3n) is 7.67. The Morgan fingerprint density at radius 3 is 2.60 bits per heavy atom. The molecule has 234 valence electrons. The fraction of sp³-hybridized carbons (Fsp3) is 0.310. The van der Waals surface area contributed by atoms with Gasteiger partial charge in [0.2, 0.25) is 5.91 Å². The Morgan fingerprint density at radius 1 is 1.07 bits per heavy atom. The molecule has 1 aromatic carbocycles. The standard InChI is InChI=1S/C29H24ClF5N8O2/c1-15-3-2-4-23(21-8-16(5-6-36-21)26-22(40-27(15)45)12-39-43(26)28(31)32)41-14-37-20(10-24(41)44)19-9-18(30)7-17-11-38-42(25(17)19)13-29(33,34)35/h5-12,14-15,23,28H,2-4,13H2,1H3,(H,40,45)/t15-,23+/m1/s1. The zero-order chi connectivity index (χ0) is 32.0. The van der Waals surface area contributed by atoms with Crippen LogP contribution in [0.25, 0.3) is 33.4 Å². The first-order valence-corrected chi connectivity index (χ1v) is 14.2. The lowest BCUT2D eigenvalue weighted by Crippen LogP contribution is -2.27.